The zero-order valence-electron chi connectivity index (χ0n) is 10.4. The van der Waals surface area contributed by atoms with E-state index in [2.05, 4.69) is 20.5 Å². The van der Waals surface area contributed by atoms with Gasteiger partial charge in [-0.15, -0.1) is 5.10 Å². The molecule has 0 fully saturated rings. The molecule has 1 aromatic heterocycles. The molecule has 6 nitrogen and oxygen atoms in total. The first kappa shape index (κ1) is 13.0. The highest BCUT2D eigenvalue weighted by molar-refractivity contribution is 5.90. The topological polar surface area (TPSA) is 96.7 Å². The van der Waals surface area contributed by atoms with Crippen molar-refractivity contribution < 1.29 is 9.18 Å². The van der Waals surface area contributed by atoms with E-state index in [0.717, 1.165) is 11.1 Å². The summed E-state index contributed by atoms with van der Waals surface area (Å²) in [5.74, 6) is -0.528. The predicted molar refractivity (Wildman–Crippen MR) is 68.0 cm³/mol. The summed E-state index contributed by atoms with van der Waals surface area (Å²) in [6.07, 6.45) is 0.613. The molecule has 0 saturated heterocycles. The number of rotatable bonds is 4. The molecule has 1 amide bonds. The van der Waals surface area contributed by atoms with Crippen LogP contribution in [0.25, 0.3) is 0 Å². The lowest BCUT2D eigenvalue weighted by Gasteiger charge is -2.06. The molecular weight excluding hydrogens is 249 g/mol. The fraction of sp³-hybridized carbons (Fsp3) is 0.250. The van der Waals surface area contributed by atoms with E-state index in [0.29, 0.717) is 13.0 Å². The van der Waals surface area contributed by atoms with Crippen LogP contribution in [0.15, 0.2) is 18.2 Å². The Balaban J connectivity index is 1.88. The number of halogens is 1. The highest BCUT2D eigenvalue weighted by Gasteiger charge is 2.09. The first-order valence-corrected chi connectivity index (χ1v) is 5.77. The molecule has 0 aliphatic rings. The minimum atomic E-state index is -0.371. The van der Waals surface area contributed by atoms with Crippen molar-refractivity contribution in [1.82, 2.24) is 20.5 Å². The van der Waals surface area contributed by atoms with E-state index < -0.39 is 0 Å². The van der Waals surface area contributed by atoms with E-state index in [1.807, 2.05) is 6.92 Å². The third kappa shape index (κ3) is 3.27. The number of H-pyrrole nitrogens is 1. The first-order valence-electron chi connectivity index (χ1n) is 5.77. The van der Waals surface area contributed by atoms with E-state index >= 15 is 0 Å². The number of aryl methyl sites for hydroxylation is 1. The molecule has 19 heavy (non-hydrogen) atoms. The Morgan fingerprint density at radius 3 is 2.95 bits per heavy atom. The number of carbonyl (C=O) groups excluding carboxylic acids is 1. The van der Waals surface area contributed by atoms with E-state index in [1.54, 1.807) is 6.07 Å². The Labute approximate surface area is 109 Å². The van der Waals surface area contributed by atoms with Crippen LogP contribution in [0.1, 0.15) is 21.7 Å². The van der Waals surface area contributed by atoms with Crippen molar-refractivity contribution in [3.05, 3.63) is 41.0 Å². The molecule has 100 valence electrons. The summed E-state index contributed by atoms with van der Waals surface area (Å²) in [4.78, 5) is 15.3. The Kier molecular flexibility index (Phi) is 3.74. The second-order valence-electron chi connectivity index (χ2n) is 4.12. The van der Waals surface area contributed by atoms with Crippen LogP contribution in [-0.2, 0) is 6.42 Å². The van der Waals surface area contributed by atoms with Gasteiger partial charge in [-0.1, -0.05) is 6.07 Å². The van der Waals surface area contributed by atoms with Gasteiger partial charge in [-0.3, -0.25) is 9.89 Å². The lowest BCUT2D eigenvalue weighted by Crippen LogP contribution is -2.26. The maximum atomic E-state index is 12.9. The van der Waals surface area contributed by atoms with Crippen molar-refractivity contribution in [2.45, 2.75) is 13.3 Å². The van der Waals surface area contributed by atoms with Gasteiger partial charge in [0.05, 0.1) is 0 Å². The highest BCUT2D eigenvalue weighted by Crippen LogP contribution is 2.10. The summed E-state index contributed by atoms with van der Waals surface area (Å²) >= 11 is 0. The standard InChI is InChI=1S/C12H14FN5O/c1-7-6-9(13)3-2-8(7)4-5-15-11(19)10-16-12(14)18-17-10/h2-3,6H,4-5H2,1H3,(H,15,19)(H3,14,16,17,18). The Bertz CT molecular complexity index is 596. The summed E-state index contributed by atoms with van der Waals surface area (Å²) in [7, 11) is 0. The average Bonchev–Trinajstić information content (AvgIpc) is 2.78. The molecule has 0 atom stereocenters. The maximum Gasteiger partial charge on any atom is 0.288 e. The average molecular weight is 263 g/mol. The molecule has 7 heteroatoms. The van der Waals surface area contributed by atoms with Gasteiger partial charge in [0.1, 0.15) is 5.82 Å². The van der Waals surface area contributed by atoms with Crippen LogP contribution < -0.4 is 11.1 Å². The molecule has 4 N–H and O–H groups in total. The third-order valence-corrected chi connectivity index (χ3v) is 2.70. The van der Waals surface area contributed by atoms with Gasteiger partial charge in [0.15, 0.2) is 0 Å². The monoisotopic (exact) mass is 263 g/mol. The smallest absolute Gasteiger partial charge is 0.288 e. The lowest BCUT2D eigenvalue weighted by molar-refractivity contribution is 0.0944. The van der Waals surface area contributed by atoms with Crippen molar-refractivity contribution in [2.24, 2.45) is 0 Å². The number of nitrogen functional groups attached to an aromatic ring is 1. The number of aromatic nitrogens is 3. The van der Waals surface area contributed by atoms with Gasteiger partial charge in [0.25, 0.3) is 5.91 Å². The van der Waals surface area contributed by atoms with Crippen LogP contribution in [-0.4, -0.2) is 27.6 Å². The van der Waals surface area contributed by atoms with E-state index in [1.165, 1.54) is 12.1 Å². The molecule has 0 unspecified atom stereocenters. The van der Waals surface area contributed by atoms with Gasteiger partial charge in [0.2, 0.25) is 11.8 Å². The SMILES string of the molecule is Cc1cc(F)ccc1CCNC(=O)c1nc(N)n[nH]1. The quantitative estimate of drug-likeness (QED) is 0.760. The second kappa shape index (κ2) is 5.47. The minimum Gasteiger partial charge on any atom is -0.366 e. The fourth-order valence-corrected chi connectivity index (χ4v) is 1.71. The molecule has 1 heterocycles. The number of carbonyl (C=O) groups is 1. The van der Waals surface area contributed by atoms with E-state index in [4.69, 9.17) is 5.73 Å². The number of anilines is 1. The van der Waals surface area contributed by atoms with Crippen molar-refractivity contribution in [2.75, 3.05) is 12.3 Å². The molecule has 1 aromatic carbocycles. The van der Waals surface area contributed by atoms with Crippen LogP contribution in [0.3, 0.4) is 0 Å². The zero-order chi connectivity index (χ0) is 13.8. The van der Waals surface area contributed by atoms with Crippen LogP contribution in [0, 0.1) is 12.7 Å². The molecule has 0 saturated carbocycles. The van der Waals surface area contributed by atoms with E-state index in [9.17, 15) is 9.18 Å². The van der Waals surface area contributed by atoms with Gasteiger partial charge in [-0.25, -0.2) is 4.39 Å². The molecule has 0 spiro atoms. The molecule has 0 aliphatic carbocycles. The number of hydrogen-bond acceptors (Lipinski definition) is 4. The Morgan fingerprint density at radius 1 is 1.53 bits per heavy atom. The number of benzene rings is 1. The van der Waals surface area contributed by atoms with Crippen LogP contribution in [0.2, 0.25) is 0 Å². The van der Waals surface area contributed by atoms with Crippen molar-refractivity contribution in [3.8, 4) is 0 Å². The normalized spacial score (nSPS) is 10.4. The zero-order valence-corrected chi connectivity index (χ0v) is 10.4. The van der Waals surface area contributed by atoms with Gasteiger partial charge in [-0.2, -0.15) is 4.98 Å². The van der Waals surface area contributed by atoms with Crippen molar-refractivity contribution >= 4 is 11.9 Å². The largest absolute Gasteiger partial charge is 0.366 e. The van der Waals surface area contributed by atoms with Crippen LogP contribution >= 0.6 is 0 Å². The summed E-state index contributed by atoms with van der Waals surface area (Å²) < 4.78 is 12.9. The van der Waals surface area contributed by atoms with Gasteiger partial charge in [-0.05, 0) is 36.6 Å². The Hall–Kier alpha value is -2.44. The number of nitrogens with zero attached hydrogens (tertiary/aromatic N) is 2. The molecule has 2 aromatic rings. The number of aromatic amines is 1. The van der Waals surface area contributed by atoms with E-state index in [-0.39, 0.29) is 23.5 Å². The maximum absolute atomic E-state index is 12.9. The molecule has 2 rings (SSSR count). The van der Waals surface area contributed by atoms with Crippen LogP contribution in [0.5, 0.6) is 0 Å². The molecule has 0 radical (unpaired) electrons. The first-order chi connectivity index (χ1) is 9.06. The van der Waals surface area contributed by atoms with Gasteiger partial charge >= 0.3 is 0 Å². The molecule has 0 bridgehead atoms. The number of nitrogens with two attached hydrogens (primary N) is 1. The summed E-state index contributed by atoms with van der Waals surface area (Å²) in [6.45, 7) is 2.25. The highest BCUT2D eigenvalue weighted by atomic mass is 19.1. The molecular formula is C12H14FN5O. The predicted octanol–water partition coefficient (Wildman–Crippen LogP) is 0.807. The van der Waals surface area contributed by atoms with Crippen molar-refractivity contribution in [1.29, 1.82) is 0 Å². The van der Waals surface area contributed by atoms with Gasteiger partial charge < -0.3 is 11.1 Å². The number of amides is 1. The third-order valence-electron chi connectivity index (χ3n) is 2.70. The fourth-order valence-electron chi connectivity index (χ4n) is 1.71. The summed E-state index contributed by atoms with van der Waals surface area (Å²) in [5.41, 5.74) is 7.15. The summed E-state index contributed by atoms with van der Waals surface area (Å²) in [5, 5.41) is 8.67. The minimum absolute atomic E-state index is 0.0273. The Morgan fingerprint density at radius 2 is 2.32 bits per heavy atom. The lowest BCUT2D eigenvalue weighted by atomic mass is 10.1. The van der Waals surface area contributed by atoms with Crippen LogP contribution in [0.4, 0.5) is 10.3 Å². The summed E-state index contributed by atoms with van der Waals surface area (Å²) in [6, 6.07) is 4.58. The molecule has 0 aliphatic heterocycles. The van der Waals surface area contributed by atoms with Gasteiger partial charge in [0, 0.05) is 6.54 Å². The van der Waals surface area contributed by atoms with Crippen molar-refractivity contribution in [3.63, 3.8) is 0 Å². The number of hydrogen-bond donors (Lipinski definition) is 3. The second-order valence-corrected chi connectivity index (χ2v) is 4.12. The number of nitrogens with one attached hydrogen (secondary N) is 2.